The van der Waals surface area contributed by atoms with Crippen molar-refractivity contribution >= 4 is 5.97 Å². The highest BCUT2D eigenvalue weighted by Gasteiger charge is 2.21. The van der Waals surface area contributed by atoms with Crippen LogP contribution in [0.4, 0.5) is 0 Å². The van der Waals surface area contributed by atoms with Gasteiger partial charge < -0.3 is 16.2 Å². The fraction of sp³-hybridized carbons (Fsp3) is 0.833. The van der Waals surface area contributed by atoms with E-state index in [1.807, 2.05) is 0 Å². The minimum atomic E-state index is -0.952. The Hall–Kier alpha value is -0.650. The number of hydrogen-bond acceptors (Lipinski definition) is 4. The monoisotopic (exact) mass is 159 g/mol. The lowest BCUT2D eigenvalue weighted by atomic mass is 10.3. The molecule has 0 amide bonds. The number of aliphatic carboxylic acids is 1. The van der Waals surface area contributed by atoms with Crippen molar-refractivity contribution in [3.63, 3.8) is 0 Å². The second kappa shape index (κ2) is 3.66. The number of nitrogens with two attached hydrogens (primary N) is 1. The third-order valence-electron chi connectivity index (χ3n) is 1.80. The number of carboxylic acids is 1. The van der Waals surface area contributed by atoms with Gasteiger partial charge in [-0.3, -0.25) is 4.90 Å². The topological polar surface area (TPSA) is 78.6 Å². The molecule has 1 aliphatic rings. The summed E-state index contributed by atoms with van der Waals surface area (Å²) in [5.41, 5.74) is 5.39. The highest BCUT2D eigenvalue weighted by atomic mass is 16.4. The van der Waals surface area contributed by atoms with E-state index in [1.54, 1.807) is 4.90 Å². The lowest BCUT2D eigenvalue weighted by Gasteiger charge is -2.29. The van der Waals surface area contributed by atoms with Gasteiger partial charge in [-0.25, -0.2) is 4.79 Å². The van der Waals surface area contributed by atoms with Crippen molar-refractivity contribution in [2.75, 3.05) is 26.2 Å². The van der Waals surface area contributed by atoms with Gasteiger partial charge in [0, 0.05) is 26.2 Å². The lowest BCUT2D eigenvalue weighted by Crippen LogP contribution is -2.55. The standard InChI is InChI=1S/C6H13N3O2/c7-5(6(10)11)9-3-1-8-2-4-9/h5,8H,1-4,7H2,(H,10,11). The first kappa shape index (κ1) is 8.45. The number of rotatable bonds is 2. The quantitative estimate of drug-likeness (QED) is 0.446. The Morgan fingerprint density at radius 3 is 2.55 bits per heavy atom. The largest absolute Gasteiger partial charge is 0.479 e. The molecule has 1 rings (SSSR count). The van der Waals surface area contributed by atoms with Crippen LogP contribution in [0.3, 0.4) is 0 Å². The predicted molar refractivity (Wildman–Crippen MR) is 40.1 cm³/mol. The Morgan fingerprint density at radius 2 is 2.09 bits per heavy atom. The molecule has 0 radical (unpaired) electrons. The van der Waals surface area contributed by atoms with Crippen LogP contribution in [0.15, 0.2) is 0 Å². The van der Waals surface area contributed by atoms with Crippen LogP contribution in [-0.4, -0.2) is 48.3 Å². The summed E-state index contributed by atoms with van der Waals surface area (Å²) in [5, 5.41) is 11.7. The maximum Gasteiger partial charge on any atom is 0.335 e. The van der Waals surface area contributed by atoms with Crippen LogP contribution >= 0.6 is 0 Å². The zero-order valence-electron chi connectivity index (χ0n) is 6.29. The van der Waals surface area contributed by atoms with Crippen LogP contribution in [-0.2, 0) is 4.79 Å². The van der Waals surface area contributed by atoms with Crippen LogP contribution in [0.5, 0.6) is 0 Å². The molecule has 1 atom stereocenters. The molecule has 0 spiro atoms. The highest BCUT2D eigenvalue weighted by Crippen LogP contribution is 1.95. The van der Waals surface area contributed by atoms with E-state index in [0.29, 0.717) is 13.1 Å². The van der Waals surface area contributed by atoms with Crippen molar-refractivity contribution in [3.05, 3.63) is 0 Å². The molecule has 1 fully saturated rings. The van der Waals surface area contributed by atoms with E-state index >= 15 is 0 Å². The molecule has 5 heteroatoms. The van der Waals surface area contributed by atoms with E-state index in [9.17, 15) is 4.79 Å². The zero-order chi connectivity index (χ0) is 8.27. The molecule has 5 nitrogen and oxygen atoms in total. The average Bonchev–Trinajstić information content (AvgIpc) is 2.05. The number of carboxylic acid groups (broad SMARTS) is 1. The molecule has 1 aliphatic heterocycles. The molecule has 64 valence electrons. The molecule has 0 saturated carbocycles. The molecule has 1 saturated heterocycles. The molecule has 0 aromatic rings. The van der Waals surface area contributed by atoms with Gasteiger partial charge >= 0.3 is 5.97 Å². The van der Waals surface area contributed by atoms with Crippen molar-refractivity contribution in [2.24, 2.45) is 5.73 Å². The molecular formula is C6H13N3O2. The van der Waals surface area contributed by atoms with E-state index in [1.165, 1.54) is 0 Å². The van der Waals surface area contributed by atoms with Gasteiger partial charge in [0.25, 0.3) is 0 Å². The molecule has 0 aromatic carbocycles. The van der Waals surface area contributed by atoms with Crippen LogP contribution in [0.2, 0.25) is 0 Å². The third kappa shape index (κ3) is 2.14. The van der Waals surface area contributed by atoms with Gasteiger partial charge in [-0.2, -0.15) is 0 Å². The lowest BCUT2D eigenvalue weighted by molar-refractivity contribution is -0.143. The summed E-state index contributed by atoms with van der Waals surface area (Å²) in [6.45, 7) is 3.07. The minimum Gasteiger partial charge on any atom is -0.479 e. The number of piperazine rings is 1. The first-order valence-corrected chi connectivity index (χ1v) is 3.65. The van der Waals surface area contributed by atoms with Crippen LogP contribution in [0, 0.1) is 0 Å². The van der Waals surface area contributed by atoms with E-state index in [4.69, 9.17) is 10.8 Å². The summed E-state index contributed by atoms with van der Waals surface area (Å²) >= 11 is 0. The summed E-state index contributed by atoms with van der Waals surface area (Å²) in [7, 11) is 0. The van der Waals surface area contributed by atoms with E-state index in [2.05, 4.69) is 5.32 Å². The fourth-order valence-corrected chi connectivity index (χ4v) is 1.12. The Kier molecular flexibility index (Phi) is 2.81. The van der Waals surface area contributed by atoms with Crippen LogP contribution in [0.1, 0.15) is 0 Å². The molecule has 0 bridgehead atoms. The highest BCUT2D eigenvalue weighted by molar-refractivity contribution is 5.72. The zero-order valence-corrected chi connectivity index (χ0v) is 6.29. The Bertz CT molecular complexity index is 145. The molecule has 4 N–H and O–H groups in total. The predicted octanol–water partition coefficient (Wildman–Crippen LogP) is -1.74. The summed E-state index contributed by atoms with van der Waals surface area (Å²) in [6.07, 6.45) is -0.836. The van der Waals surface area contributed by atoms with E-state index in [-0.39, 0.29) is 0 Å². The molecule has 1 unspecified atom stereocenters. The maximum atomic E-state index is 10.4. The van der Waals surface area contributed by atoms with Crippen molar-refractivity contribution < 1.29 is 9.90 Å². The SMILES string of the molecule is NC(C(=O)O)N1CCNCC1. The minimum absolute atomic E-state index is 0.716. The van der Waals surface area contributed by atoms with E-state index in [0.717, 1.165) is 13.1 Å². The smallest absolute Gasteiger partial charge is 0.335 e. The average molecular weight is 159 g/mol. The number of nitrogens with one attached hydrogen (secondary N) is 1. The van der Waals surface area contributed by atoms with Crippen molar-refractivity contribution in [1.29, 1.82) is 0 Å². The van der Waals surface area contributed by atoms with Crippen LogP contribution in [0.25, 0.3) is 0 Å². The van der Waals surface area contributed by atoms with Gasteiger partial charge in [0.05, 0.1) is 0 Å². The number of nitrogens with zero attached hydrogens (tertiary/aromatic N) is 1. The number of carbonyl (C=O) groups is 1. The van der Waals surface area contributed by atoms with Gasteiger partial charge in [0.15, 0.2) is 6.17 Å². The molecule has 1 heterocycles. The fourth-order valence-electron chi connectivity index (χ4n) is 1.12. The van der Waals surface area contributed by atoms with Crippen molar-refractivity contribution in [3.8, 4) is 0 Å². The second-order valence-corrected chi connectivity index (χ2v) is 2.57. The summed E-state index contributed by atoms with van der Waals surface area (Å²) in [5.74, 6) is -0.952. The van der Waals surface area contributed by atoms with Crippen LogP contribution < -0.4 is 11.1 Å². The Balaban J connectivity index is 2.38. The Labute approximate surface area is 65.2 Å². The summed E-state index contributed by atoms with van der Waals surface area (Å²) < 4.78 is 0. The first-order chi connectivity index (χ1) is 5.22. The molecular weight excluding hydrogens is 146 g/mol. The van der Waals surface area contributed by atoms with Gasteiger partial charge in [0.2, 0.25) is 0 Å². The summed E-state index contributed by atoms with van der Waals surface area (Å²) in [4.78, 5) is 12.2. The van der Waals surface area contributed by atoms with Gasteiger partial charge in [-0.15, -0.1) is 0 Å². The van der Waals surface area contributed by atoms with Crippen molar-refractivity contribution in [2.45, 2.75) is 6.17 Å². The Morgan fingerprint density at radius 1 is 1.55 bits per heavy atom. The molecule has 0 aromatic heterocycles. The van der Waals surface area contributed by atoms with Gasteiger partial charge in [-0.1, -0.05) is 0 Å². The van der Waals surface area contributed by atoms with E-state index < -0.39 is 12.1 Å². The third-order valence-corrected chi connectivity index (χ3v) is 1.80. The van der Waals surface area contributed by atoms with Crippen molar-refractivity contribution in [1.82, 2.24) is 10.2 Å². The summed E-state index contributed by atoms with van der Waals surface area (Å²) in [6, 6.07) is 0. The normalized spacial score (nSPS) is 23.0. The number of hydrogen-bond donors (Lipinski definition) is 3. The van der Waals surface area contributed by atoms with Gasteiger partial charge in [0.1, 0.15) is 0 Å². The molecule has 11 heavy (non-hydrogen) atoms. The molecule has 0 aliphatic carbocycles. The van der Waals surface area contributed by atoms with Gasteiger partial charge in [-0.05, 0) is 0 Å². The second-order valence-electron chi connectivity index (χ2n) is 2.57. The first-order valence-electron chi connectivity index (χ1n) is 3.65. The maximum absolute atomic E-state index is 10.4.